The summed E-state index contributed by atoms with van der Waals surface area (Å²) in [5.41, 5.74) is 2.88. The van der Waals surface area contributed by atoms with Gasteiger partial charge in [-0.2, -0.15) is 0 Å². The topological polar surface area (TPSA) is 55.4 Å². The molecule has 23 heavy (non-hydrogen) atoms. The zero-order valence-corrected chi connectivity index (χ0v) is 14.0. The molecule has 4 nitrogen and oxygen atoms in total. The van der Waals surface area contributed by atoms with Gasteiger partial charge in [0.2, 0.25) is 0 Å². The third-order valence-corrected chi connectivity index (χ3v) is 5.42. The van der Waals surface area contributed by atoms with Gasteiger partial charge in [-0.25, -0.2) is 8.42 Å². The van der Waals surface area contributed by atoms with E-state index in [-0.39, 0.29) is 0 Å². The van der Waals surface area contributed by atoms with E-state index in [9.17, 15) is 8.42 Å². The standard InChI is InChI=1S/C18H21NO3S/c1-2-22-18-10-6-5-9-17(18)19-23(20,21)16-12-11-14-7-3-4-8-15(14)13-16/h5-6,9-13,19H,2-4,7-8H2,1H3. The van der Waals surface area contributed by atoms with Crippen LogP contribution >= 0.6 is 0 Å². The average Bonchev–Trinajstić information content (AvgIpc) is 2.56. The van der Waals surface area contributed by atoms with Crippen molar-refractivity contribution in [2.24, 2.45) is 0 Å². The summed E-state index contributed by atoms with van der Waals surface area (Å²) >= 11 is 0. The molecule has 0 radical (unpaired) electrons. The number of hydrogen-bond acceptors (Lipinski definition) is 3. The second-order valence-electron chi connectivity index (χ2n) is 5.67. The Kier molecular flexibility index (Phi) is 4.57. The van der Waals surface area contributed by atoms with Crippen molar-refractivity contribution in [3.8, 4) is 5.75 Å². The van der Waals surface area contributed by atoms with Crippen LogP contribution in [-0.2, 0) is 22.9 Å². The molecular weight excluding hydrogens is 310 g/mol. The molecule has 1 aliphatic rings. The van der Waals surface area contributed by atoms with E-state index < -0.39 is 10.0 Å². The van der Waals surface area contributed by atoms with E-state index in [0.29, 0.717) is 22.9 Å². The van der Waals surface area contributed by atoms with Gasteiger partial charge in [0.1, 0.15) is 5.75 Å². The van der Waals surface area contributed by atoms with Gasteiger partial charge < -0.3 is 4.74 Å². The lowest BCUT2D eigenvalue weighted by molar-refractivity contribution is 0.342. The van der Waals surface area contributed by atoms with Crippen molar-refractivity contribution in [2.45, 2.75) is 37.5 Å². The smallest absolute Gasteiger partial charge is 0.262 e. The summed E-state index contributed by atoms with van der Waals surface area (Å²) < 4.78 is 33.5. The van der Waals surface area contributed by atoms with Crippen LogP contribution in [0.15, 0.2) is 47.4 Å². The van der Waals surface area contributed by atoms with Crippen LogP contribution in [0.4, 0.5) is 5.69 Å². The first-order chi connectivity index (χ1) is 11.1. The van der Waals surface area contributed by atoms with Crippen molar-refractivity contribution in [2.75, 3.05) is 11.3 Å². The Bertz CT molecular complexity index is 800. The molecule has 0 saturated carbocycles. The molecule has 2 aromatic rings. The number of anilines is 1. The Labute approximate surface area is 137 Å². The van der Waals surface area contributed by atoms with E-state index >= 15 is 0 Å². The zero-order chi connectivity index (χ0) is 16.3. The molecule has 5 heteroatoms. The number of ether oxygens (including phenoxy) is 1. The van der Waals surface area contributed by atoms with Gasteiger partial charge in [-0.1, -0.05) is 18.2 Å². The van der Waals surface area contributed by atoms with Crippen LogP contribution in [0.3, 0.4) is 0 Å². The van der Waals surface area contributed by atoms with Crippen LogP contribution in [0.2, 0.25) is 0 Å². The molecule has 122 valence electrons. The number of fused-ring (bicyclic) bond motifs is 1. The fraction of sp³-hybridized carbons (Fsp3) is 0.333. The molecule has 0 unspecified atom stereocenters. The van der Waals surface area contributed by atoms with Gasteiger partial charge in [0, 0.05) is 0 Å². The summed E-state index contributed by atoms with van der Waals surface area (Å²) in [5, 5.41) is 0. The number of aryl methyl sites for hydroxylation is 2. The molecule has 0 aromatic heterocycles. The predicted octanol–water partition coefficient (Wildman–Crippen LogP) is 3.76. The molecule has 2 aromatic carbocycles. The highest BCUT2D eigenvalue weighted by molar-refractivity contribution is 7.92. The Morgan fingerprint density at radius 3 is 2.57 bits per heavy atom. The predicted molar refractivity (Wildman–Crippen MR) is 91.5 cm³/mol. The summed E-state index contributed by atoms with van der Waals surface area (Å²) in [4.78, 5) is 0.310. The fourth-order valence-electron chi connectivity index (χ4n) is 2.91. The van der Waals surface area contributed by atoms with Crippen molar-refractivity contribution in [1.82, 2.24) is 0 Å². The molecule has 0 atom stereocenters. The van der Waals surface area contributed by atoms with Crippen LogP contribution in [-0.4, -0.2) is 15.0 Å². The van der Waals surface area contributed by atoms with Crippen molar-refractivity contribution in [3.63, 3.8) is 0 Å². The summed E-state index contributed by atoms with van der Waals surface area (Å²) in [5.74, 6) is 0.538. The summed E-state index contributed by atoms with van der Waals surface area (Å²) in [6.07, 6.45) is 4.29. The van der Waals surface area contributed by atoms with Crippen LogP contribution in [0, 0.1) is 0 Å². The lowest BCUT2D eigenvalue weighted by Crippen LogP contribution is -2.15. The van der Waals surface area contributed by atoms with Gasteiger partial charge in [0.05, 0.1) is 17.2 Å². The van der Waals surface area contributed by atoms with E-state index in [4.69, 9.17) is 4.74 Å². The number of hydrogen-bond donors (Lipinski definition) is 1. The monoisotopic (exact) mass is 331 g/mol. The van der Waals surface area contributed by atoms with Crippen LogP contribution in [0.5, 0.6) is 5.75 Å². The Morgan fingerprint density at radius 1 is 1.04 bits per heavy atom. The van der Waals surface area contributed by atoms with Gasteiger partial charge >= 0.3 is 0 Å². The molecule has 0 saturated heterocycles. The molecule has 1 aliphatic carbocycles. The first-order valence-electron chi connectivity index (χ1n) is 7.96. The van der Waals surface area contributed by atoms with Crippen molar-refractivity contribution >= 4 is 15.7 Å². The minimum Gasteiger partial charge on any atom is -0.492 e. The second-order valence-corrected chi connectivity index (χ2v) is 7.35. The number of sulfonamides is 1. The van der Waals surface area contributed by atoms with Crippen LogP contribution < -0.4 is 9.46 Å². The number of benzene rings is 2. The number of para-hydroxylation sites is 2. The lowest BCUT2D eigenvalue weighted by Gasteiger charge is -2.17. The van der Waals surface area contributed by atoms with Crippen LogP contribution in [0.1, 0.15) is 30.9 Å². The molecule has 3 rings (SSSR count). The molecule has 0 fully saturated rings. The summed E-state index contributed by atoms with van der Waals surface area (Å²) in [6, 6.07) is 12.5. The molecule has 0 bridgehead atoms. The summed E-state index contributed by atoms with van der Waals surface area (Å²) in [6.45, 7) is 2.35. The van der Waals surface area contributed by atoms with Gasteiger partial charge in [0.25, 0.3) is 10.0 Å². The van der Waals surface area contributed by atoms with E-state index in [2.05, 4.69) is 4.72 Å². The maximum Gasteiger partial charge on any atom is 0.262 e. The van der Waals surface area contributed by atoms with E-state index in [0.717, 1.165) is 24.8 Å². The fourth-order valence-corrected chi connectivity index (χ4v) is 4.03. The van der Waals surface area contributed by atoms with Crippen LogP contribution in [0.25, 0.3) is 0 Å². The molecule has 0 aliphatic heterocycles. The normalized spacial score (nSPS) is 14.1. The number of nitrogens with one attached hydrogen (secondary N) is 1. The average molecular weight is 331 g/mol. The first kappa shape index (κ1) is 15.9. The van der Waals surface area contributed by atoms with Crippen molar-refractivity contribution in [1.29, 1.82) is 0 Å². The largest absolute Gasteiger partial charge is 0.492 e. The highest BCUT2D eigenvalue weighted by Crippen LogP contribution is 2.28. The Morgan fingerprint density at radius 2 is 1.78 bits per heavy atom. The van der Waals surface area contributed by atoms with Crippen molar-refractivity contribution in [3.05, 3.63) is 53.6 Å². The number of rotatable bonds is 5. The minimum absolute atomic E-state index is 0.310. The van der Waals surface area contributed by atoms with Gasteiger partial charge in [-0.05, 0) is 68.0 Å². The molecule has 0 amide bonds. The third-order valence-electron chi connectivity index (χ3n) is 4.06. The lowest BCUT2D eigenvalue weighted by atomic mass is 9.92. The van der Waals surface area contributed by atoms with Gasteiger partial charge in [-0.15, -0.1) is 0 Å². The van der Waals surface area contributed by atoms with E-state index in [1.165, 1.54) is 12.0 Å². The van der Waals surface area contributed by atoms with Gasteiger partial charge in [-0.3, -0.25) is 4.72 Å². The maximum absolute atomic E-state index is 12.7. The van der Waals surface area contributed by atoms with E-state index in [1.54, 1.807) is 30.3 Å². The zero-order valence-electron chi connectivity index (χ0n) is 13.2. The molecule has 0 heterocycles. The third kappa shape index (κ3) is 3.50. The van der Waals surface area contributed by atoms with E-state index in [1.807, 2.05) is 19.1 Å². The molecular formula is C18H21NO3S. The maximum atomic E-state index is 12.7. The minimum atomic E-state index is -3.62. The first-order valence-corrected chi connectivity index (χ1v) is 9.45. The Balaban J connectivity index is 1.90. The molecule has 0 spiro atoms. The summed E-state index contributed by atoms with van der Waals surface area (Å²) in [7, 11) is -3.62. The van der Waals surface area contributed by atoms with Crippen molar-refractivity contribution < 1.29 is 13.2 Å². The highest BCUT2D eigenvalue weighted by atomic mass is 32.2. The quantitative estimate of drug-likeness (QED) is 0.907. The SMILES string of the molecule is CCOc1ccccc1NS(=O)(=O)c1ccc2c(c1)CCCC2. The molecule has 1 N–H and O–H groups in total. The van der Waals surface area contributed by atoms with Gasteiger partial charge in [0.15, 0.2) is 0 Å². The second kappa shape index (κ2) is 6.62. The highest BCUT2D eigenvalue weighted by Gasteiger charge is 2.19. The Hall–Kier alpha value is -2.01.